The average Bonchev–Trinajstić information content (AvgIpc) is 2.82. The van der Waals surface area contributed by atoms with Gasteiger partial charge in [0, 0.05) is 24.7 Å². The van der Waals surface area contributed by atoms with Crippen LogP contribution in [0, 0.1) is 10.1 Å². The molecule has 0 bridgehead atoms. The van der Waals surface area contributed by atoms with Gasteiger partial charge in [-0.25, -0.2) is 8.42 Å². The summed E-state index contributed by atoms with van der Waals surface area (Å²) in [5.74, 6) is 1.15. The first-order chi connectivity index (χ1) is 15.3. The minimum absolute atomic E-state index is 0.0529. The fourth-order valence-corrected chi connectivity index (χ4v) is 4.58. The summed E-state index contributed by atoms with van der Waals surface area (Å²) in [5.41, 5.74) is 3.42. The van der Waals surface area contributed by atoms with Crippen LogP contribution in [0.1, 0.15) is 12.5 Å². The van der Waals surface area contributed by atoms with Crippen LogP contribution >= 0.6 is 0 Å². The van der Waals surface area contributed by atoms with E-state index in [4.69, 9.17) is 14.2 Å². The Balaban J connectivity index is 1.91. The van der Waals surface area contributed by atoms with Crippen molar-refractivity contribution < 1.29 is 27.6 Å². The maximum atomic E-state index is 12.8. The Bertz CT molecular complexity index is 1130. The third-order valence-electron chi connectivity index (χ3n) is 4.91. The summed E-state index contributed by atoms with van der Waals surface area (Å²) < 4.78 is 42.6. The third-order valence-corrected chi connectivity index (χ3v) is 6.81. The number of nitrogens with zero attached hydrogens (tertiary/aromatic N) is 3. The van der Waals surface area contributed by atoms with Gasteiger partial charge < -0.3 is 14.2 Å². The number of nitrogens with one attached hydrogen (secondary N) is 1. The van der Waals surface area contributed by atoms with Gasteiger partial charge in [0.1, 0.15) is 17.2 Å². The molecule has 1 aliphatic rings. The van der Waals surface area contributed by atoms with E-state index in [0.29, 0.717) is 22.8 Å². The van der Waals surface area contributed by atoms with Crippen LogP contribution in [0.5, 0.6) is 11.5 Å². The van der Waals surface area contributed by atoms with Gasteiger partial charge >= 0.3 is 0 Å². The Morgan fingerprint density at radius 2 is 1.88 bits per heavy atom. The Kier molecular flexibility index (Phi) is 7.28. The molecule has 0 unspecified atom stereocenters. The van der Waals surface area contributed by atoms with E-state index in [9.17, 15) is 18.5 Å². The van der Waals surface area contributed by atoms with E-state index in [2.05, 4.69) is 10.5 Å². The highest BCUT2D eigenvalue weighted by Gasteiger charge is 2.29. The predicted octanol–water partition coefficient (Wildman–Crippen LogP) is 2.47. The van der Waals surface area contributed by atoms with Crippen molar-refractivity contribution in [3.05, 3.63) is 52.1 Å². The lowest BCUT2D eigenvalue weighted by Crippen LogP contribution is -2.40. The lowest BCUT2D eigenvalue weighted by molar-refractivity contribution is -0.384. The van der Waals surface area contributed by atoms with Gasteiger partial charge in [-0.3, -0.25) is 15.5 Å². The zero-order valence-electron chi connectivity index (χ0n) is 17.9. The SMILES string of the molecule is COc1ccc(OC)c(C(C)=NNc2ccc(S(=O)(=O)N3CCOCC3)cc2[N+](=O)[O-])c1. The van der Waals surface area contributed by atoms with Gasteiger partial charge in [-0.05, 0) is 37.3 Å². The van der Waals surface area contributed by atoms with E-state index in [0.717, 1.165) is 6.07 Å². The van der Waals surface area contributed by atoms with Crippen molar-refractivity contribution in [2.24, 2.45) is 5.10 Å². The Labute approximate surface area is 185 Å². The summed E-state index contributed by atoms with van der Waals surface area (Å²) in [5, 5.41) is 15.9. The second kappa shape index (κ2) is 9.94. The van der Waals surface area contributed by atoms with Crippen molar-refractivity contribution in [3.63, 3.8) is 0 Å². The van der Waals surface area contributed by atoms with Gasteiger partial charge in [0.25, 0.3) is 5.69 Å². The fourth-order valence-electron chi connectivity index (χ4n) is 3.15. The van der Waals surface area contributed by atoms with Crippen molar-refractivity contribution in [1.29, 1.82) is 0 Å². The number of nitro groups is 1. The van der Waals surface area contributed by atoms with E-state index in [1.807, 2.05) is 0 Å². The highest BCUT2D eigenvalue weighted by molar-refractivity contribution is 7.89. The van der Waals surface area contributed by atoms with Crippen LogP contribution in [0.4, 0.5) is 11.4 Å². The normalized spacial score (nSPS) is 15.3. The molecule has 2 aromatic rings. The summed E-state index contributed by atoms with van der Waals surface area (Å²) >= 11 is 0. The molecule has 172 valence electrons. The molecule has 11 nitrogen and oxygen atoms in total. The van der Waals surface area contributed by atoms with E-state index < -0.39 is 20.6 Å². The molecule has 0 aliphatic carbocycles. The molecule has 1 fully saturated rings. The molecule has 0 amide bonds. The molecule has 12 heteroatoms. The number of hydrazone groups is 1. The molecule has 0 atom stereocenters. The number of benzene rings is 2. The largest absolute Gasteiger partial charge is 0.497 e. The second-order valence-corrected chi connectivity index (χ2v) is 8.77. The summed E-state index contributed by atoms with van der Waals surface area (Å²) in [6, 6.07) is 8.86. The molecule has 32 heavy (non-hydrogen) atoms. The number of hydrogen-bond donors (Lipinski definition) is 1. The molecule has 1 N–H and O–H groups in total. The van der Waals surface area contributed by atoms with Gasteiger partial charge in [-0.1, -0.05) is 0 Å². The van der Waals surface area contributed by atoms with Crippen LogP contribution in [0.25, 0.3) is 0 Å². The highest BCUT2D eigenvalue weighted by Crippen LogP contribution is 2.30. The van der Waals surface area contributed by atoms with Gasteiger partial charge in [0.2, 0.25) is 10.0 Å². The predicted molar refractivity (Wildman–Crippen MR) is 118 cm³/mol. The second-order valence-electron chi connectivity index (χ2n) is 6.83. The fraction of sp³-hybridized carbons (Fsp3) is 0.350. The first-order valence-corrected chi connectivity index (χ1v) is 11.1. The monoisotopic (exact) mass is 464 g/mol. The number of morpholine rings is 1. The smallest absolute Gasteiger partial charge is 0.295 e. The van der Waals surface area contributed by atoms with E-state index in [1.165, 1.54) is 30.7 Å². The molecule has 2 aromatic carbocycles. The molecule has 0 aromatic heterocycles. The quantitative estimate of drug-likeness (QED) is 0.358. The summed E-state index contributed by atoms with van der Waals surface area (Å²) in [6.45, 7) is 2.66. The molecule has 0 radical (unpaired) electrons. The number of methoxy groups -OCH3 is 2. The highest BCUT2D eigenvalue weighted by atomic mass is 32.2. The number of nitro benzene ring substituents is 1. The number of rotatable bonds is 8. The maximum absolute atomic E-state index is 12.8. The zero-order valence-corrected chi connectivity index (χ0v) is 18.7. The lowest BCUT2D eigenvalue weighted by atomic mass is 10.1. The van der Waals surface area contributed by atoms with Crippen molar-refractivity contribution in [3.8, 4) is 11.5 Å². The van der Waals surface area contributed by atoms with Crippen molar-refractivity contribution in [2.45, 2.75) is 11.8 Å². The average molecular weight is 465 g/mol. The maximum Gasteiger partial charge on any atom is 0.295 e. The number of anilines is 1. The number of sulfonamides is 1. The van der Waals surface area contributed by atoms with Crippen LogP contribution in [0.3, 0.4) is 0 Å². The van der Waals surface area contributed by atoms with Crippen LogP contribution in [-0.4, -0.2) is 63.9 Å². The third kappa shape index (κ3) is 4.98. The molecule has 0 saturated carbocycles. The molecule has 1 saturated heterocycles. The first-order valence-electron chi connectivity index (χ1n) is 9.67. The Morgan fingerprint density at radius 3 is 2.50 bits per heavy atom. The Morgan fingerprint density at radius 1 is 1.16 bits per heavy atom. The topological polar surface area (TPSA) is 133 Å². The van der Waals surface area contributed by atoms with E-state index in [1.54, 1.807) is 25.1 Å². The minimum Gasteiger partial charge on any atom is -0.497 e. The van der Waals surface area contributed by atoms with Gasteiger partial charge in [-0.2, -0.15) is 9.41 Å². The summed E-state index contributed by atoms with van der Waals surface area (Å²) in [7, 11) is -0.819. The van der Waals surface area contributed by atoms with E-state index >= 15 is 0 Å². The molecular formula is C20H24N4O7S. The van der Waals surface area contributed by atoms with Crippen molar-refractivity contribution in [1.82, 2.24) is 4.31 Å². The standard InChI is InChI=1S/C20H24N4O7S/c1-14(17-12-15(29-2)4-7-20(17)30-3)21-22-18-6-5-16(13-19(18)24(25)26)32(27,28)23-8-10-31-11-9-23/h4-7,12-13,22H,8-11H2,1-3H3. The molecule has 1 aliphatic heterocycles. The van der Waals surface area contributed by atoms with Gasteiger partial charge in [0.15, 0.2) is 0 Å². The van der Waals surface area contributed by atoms with Crippen LogP contribution in [-0.2, 0) is 14.8 Å². The van der Waals surface area contributed by atoms with Crippen LogP contribution < -0.4 is 14.9 Å². The van der Waals surface area contributed by atoms with Crippen LogP contribution in [0.15, 0.2) is 46.4 Å². The molecule has 3 rings (SSSR count). The molecular weight excluding hydrogens is 440 g/mol. The van der Waals surface area contributed by atoms with Crippen LogP contribution in [0.2, 0.25) is 0 Å². The number of ether oxygens (including phenoxy) is 3. The molecule has 1 heterocycles. The summed E-state index contributed by atoms with van der Waals surface area (Å²) in [4.78, 5) is 10.8. The zero-order chi connectivity index (χ0) is 23.3. The van der Waals surface area contributed by atoms with Gasteiger partial charge in [-0.15, -0.1) is 0 Å². The Hall–Kier alpha value is -3.22. The van der Waals surface area contributed by atoms with E-state index in [-0.39, 0.29) is 36.9 Å². The summed E-state index contributed by atoms with van der Waals surface area (Å²) in [6.07, 6.45) is 0. The minimum atomic E-state index is -3.87. The first kappa shape index (κ1) is 23.4. The number of hydrogen-bond acceptors (Lipinski definition) is 9. The lowest BCUT2D eigenvalue weighted by Gasteiger charge is -2.26. The molecule has 0 spiro atoms. The van der Waals surface area contributed by atoms with Gasteiger partial charge in [0.05, 0.1) is 43.0 Å². The van der Waals surface area contributed by atoms with Crippen molar-refractivity contribution >= 4 is 27.1 Å². The van der Waals surface area contributed by atoms with Crippen molar-refractivity contribution in [2.75, 3.05) is 45.9 Å².